The van der Waals surface area contributed by atoms with Crippen LogP contribution in [0.25, 0.3) is 0 Å². The highest BCUT2D eigenvalue weighted by molar-refractivity contribution is 6.30. The van der Waals surface area contributed by atoms with Gasteiger partial charge in [-0.2, -0.15) is 0 Å². The van der Waals surface area contributed by atoms with Crippen LogP contribution in [0.1, 0.15) is 38.1 Å². The van der Waals surface area contributed by atoms with Crippen LogP contribution in [-0.2, 0) is 11.2 Å². The molecule has 5 heteroatoms. The van der Waals surface area contributed by atoms with E-state index in [2.05, 4.69) is 29.1 Å². The summed E-state index contributed by atoms with van der Waals surface area (Å²) in [5, 5.41) is 4.03. The summed E-state index contributed by atoms with van der Waals surface area (Å²) >= 11 is 6.18. The second-order valence-electron chi connectivity index (χ2n) is 5.21. The standard InChI is InChI=1S/C14H22ClN3O/c1-4-5-12-17-13(15)9(2)14(18-12)16-10(3)11-6-7-19-8-11/h10-11H,4-8H2,1-3H3,(H,16,17,18). The topological polar surface area (TPSA) is 47.0 Å². The molecule has 1 fully saturated rings. The Morgan fingerprint density at radius 2 is 2.26 bits per heavy atom. The molecule has 2 heterocycles. The number of rotatable bonds is 5. The zero-order valence-electron chi connectivity index (χ0n) is 11.9. The molecule has 2 rings (SSSR count). The van der Waals surface area contributed by atoms with Crippen molar-refractivity contribution in [3.63, 3.8) is 0 Å². The molecule has 0 aliphatic carbocycles. The number of anilines is 1. The zero-order chi connectivity index (χ0) is 13.8. The van der Waals surface area contributed by atoms with Gasteiger partial charge in [-0.3, -0.25) is 0 Å². The van der Waals surface area contributed by atoms with E-state index in [1.807, 2.05) is 6.92 Å². The van der Waals surface area contributed by atoms with Crippen LogP contribution < -0.4 is 5.32 Å². The lowest BCUT2D eigenvalue weighted by atomic mass is 10.0. The molecule has 0 aromatic carbocycles. The lowest BCUT2D eigenvalue weighted by Gasteiger charge is -2.21. The largest absolute Gasteiger partial charge is 0.381 e. The number of hydrogen-bond donors (Lipinski definition) is 1. The quantitative estimate of drug-likeness (QED) is 0.843. The summed E-state index contributed by atoms with van der Waals surface area (Å²) < 4.78 is 5.43. The first-order valence-electron chi connectivity index (χ1n) is 6.99. The summed E-state index contributed by atoms with van der Waals surface area (Å²) in [6.45, 7) is 7.93. The van der Waals surface area contributed by atoms with Gasteiger partial charge in [0.2, 0.25) is 0 Å². The third-order valence-corrected chi connectivity index (χ3v) is 4.01. The number of ether oxygens (including phenoxy) is 1. The number of nitrogens with one attached hydrogen (secondary N) is 1. The van der Waals surface area contributed by atoms with Crippen molar-refractivity contribution in [2.75, 3.05) is 18.5 Å². The Hall–Kier alpha value is -0.870. The smallest absolute Gasteiger partial charge is 0.137 e. The number of hydrogen-bond acceptors (Lipinski definition) is 4. The maximum Gasteiger partial charge on any atom is 0.137 e. The van der Waals surface area contributed by atoms with Gasteiger partial charge in [-0.15, -0.1) is 0 Å². The first-order valence-corrected chi connectivity index (χ1v) is 7.37. The molecule has 0 radical (unpaired) electrons. The van der Waals surface area contributed by atoms with Crippen molar-refractivity contribution in [2.45, 2.75) is 46.1 Å². The van der Waals surface area contributed by atoms with Crippen LogP contribution in [-0.4, -0.2) is 29.2 Å². The molecular formula is C14H22ClN3O. The van der Waals surface area contributed by atoms with Gasteiger partial charge < -0.3 is 10.1 Å². The molecule has 2 atom stereocenters. The SMILES string of the molecule is CCCc1nc(Cl)c(C)c(NC(C)C2CCOC2)n1. The van der Waals surface area contributed by atoms with E-state index in [1.165, 1.54) is 0 Å². The van der Waals surface area contributed by atoms with Gasteiger partial charge in [0.05, 0.1) is 6.61 Å². The van der Waals surface area contributed by atoms with E-state index >= 15 is 0 Å². The van der Waals surface area contributed by atoms with Gasteiger partial charge in [0, 0.05) is 30.6 Å². The summed E-state index contributed by atoms with van der Waals surface area (Å²) in [5.74, 6) is 2.22. The number of halogens is 1. The van der Waals surface area contributed by atoms with Crippen LogP contribution in [0.4, 0.5) is 5.82 Å². The Kier molecular flexibility index (Phi) is 4.99. The fraction of sp³-hybridized carbons (Fsp3) is 0.714. The number of aromatic nitrogens is 2. The Labute approximate surface area is 119 Å². The van der Waals surface area contributed by atoms with Crippen LogP contribution in [0.3, 0.4) is 0 Å². The summed E-state index contributed by atoms with van der Waals surface area (Å²) in [6, 6.07) is 0.335. The Morgan fingerprint density at radius 3 is 2.89 bits per heavy atom. The minimum atomic E-state index is 0.335. The zero-order valence-corrected chi connectivity index (χ0v) is 12.6. The van der Waals surface area contributed by atoms with Crippen LogP contribution in [0, 0.1) is 12.8 Å². The molecule has 0 spiro atoms. The normalized spacial score (nSPS) is 20.5. The summed E-state index contributed by atoms with van der Waals surface area (Å²) in [6.07, 6.45) is 2.98. The van der Waals surface area contributed by atoms with Gasteiger partial charge in [0.25, 0.3) is 0 Å². The molecule has 4 nitrogen and oxygen atoms in total. The highest BCUT2D eigenvalue weighted by Crippen LogP contribution is 2.24. The fourth-order valence-electron chi connectivity index (χ4n) is 2.29. The molecule has 1 aromatic rings. The van der Waals surface area contributed by atoms with E-state index in [0.717, 1.165) is 49.7 Å². The molecule has 2 unspecified atom stereocenters. The van der Waals surface area contributed by atoms with Gasteiger partial charge in [-0.1, -0.05) is 18.5 Å². The lowest BCUT2D eigenvalue weighted by Crippen LogP contribution is -2.27. The van der Waals surface area contributed by atoms with E-state index < -0.39 is 0 Å². The molecule has 1 N–H and O–H groups in total. The van der Waals surface area contributed by atoms with Crippen LogP contribution in [0.5, 0.6) is 0 Å². The van der Waals surface area contributed by atoms with Gasteiger partial charge in [-0.25, -0.2) is 9.97 Å². The minimum Gasteiger partial charge on any atom is -0.381 e. The van der Waals surface area contributed by atoms with Crippen molar-refractivity contribution in [3.05, 3.63) is 16.5 Å². The van der Waals surface area contributed by atoms with Gasteiger partial charge >= 0.3 is 0 Å². The summed E-state index contributed by atoms with van der Waals surface area (Å²) in [7, 11) is 0. The summed E-state index contributed by atoms with van der Waals surface area (Å²) in [4.78, 5) is 8.90. The van der Waals surface area contributed by atoms with Crippen LogP contribution in [0.2, 0.25) is 5.15 Å². The Morgan fingerprint density at radius 1 is 1.47 bits per heavy atom. The Balaban J connectivity index is 2.13. The van der Waals surface area contributed by atoms with E-state index in [-0.39, 0.29) is 0 Å². The molecule has 19 heavy (non-hydrogen) atoms. The molecule has 0 saturated carbocycles. The molecular weight excluding hydrogens is 262 g/mol. The monoisotopic (exact) mass is 283 g/mol. The van der Waals surface area contributed by atoms with Gasteiger partial charge in [0.15, 0.2) is 0 Å². The average molecular weight is 284 g/mol. The lowest BCUT2D eigenvalue weighted by molar-refractivity contribution is 0.183. The molecule has 1 aliphatic rings. The predicted octanol–water partition coefficient (Wildman–Crippen LogP) is 3.23. The maximum absolute atomic E-state index is 6.18. The summed E-state index contributed by atoms with van der Waals surface area (Å²) in [5.41, 5.74) is 0.923. The number of nitrogens with zero attached hydrogens (tertiary/aromatic N) is 2. The molecule has 0 bridgehead atoms. The van der Waals surface area contributed by atoms with E-state index in [4.69, 9.17) is 16.3 Å². The second kappa shape index (κ2) is 6.53. The highest BCUT2D eigenvalue weighted by atomic mass is 35.5. The maximum atomic E-state index is 6.18. The van der Waals surface area contributed by atoms with Crippen LogP contribution in [0.15, 0.2) is 0 Å². The van der Waals surface area contributed by atoms with E-state index in [0.29, 0.717) is 17.1 Å². The molecule has 1 saturated heterocycles. The third-order valence-electron chi connectivity index (χ3n) is 3.64. The van der Waals surface area contributed by atoms with E-state index in [9.17, 15) is 0 Å². The van der Waals surface area contributed by atoms with Crippen molar-refractivity contribution in [1.82, 2.24) is 9.97 Å². The number of aryl methyl sites for hydroxylation is 1. The molecule has 1 aromatic heterocycles. The minimum absolute atomic E-state index is 0.335. The Bertz CT molecular complexity index is 433. The molecule has 0 amide bonds. The van der Waals surface area contributed by atoms with Gasteiger partial charge in [-0.05, 0) is 26.7 Å². The van der Waals surface area contributed by atoms with Gasteiger partial charge in [0.1, 0.15) is 16.8 Å². The van der Waals surface area contributed by atoms with Crippen molar-refractivity contribution < 1.29 is 4.74 Å². The average Bonchev–Trinajstić information content (AvgIpc) is 2.89. The van der Waals surface area contributed by atoms with Crippen molar-refractivity contribution >= 4 is 17.4 Å². The first kappa shape index (κ1) is 14.5. The predicted molar refractivity (Wildman–Crippen MR) is 77.8 cm³/mol. The first-order chi connectivity index (χ1) is 9.11. The van der Waals surface area contributed by atoms with E-state index in [1.54, 1.807) is 0 Å². The third kappa shape index (κ3) is 3.57. The fourth-order valence-corrected chi connectivity index (χ4v) is 2.48. The molecule has 106 valence electrons. The van der Waals surface area contributed by atoms with Crippen LogP contribution >= 0.6 is 11.6 Å². The van der Waals surface area contributed by atoms with Crippen molar-refractivity contribution in [2.24, 2.45) is 5.92 Å². The second-order valence-corrected chi connectivity index (χ2v) is 5.57. The molecule has 1 aliphatic heterocycles. The van der Waals surface area contributed by atoms with Crippen molar-refractivity contribution in [1.29, 1.82) is 0 Å². The van der Waals surface area contributed by atoms with Crippen molar-refractivity contribution in [3.8, 4) is 0 Å². The highest BCUT2D eigenvalue weighted by Gasteiger charge is 2.23.